The van der Waals surface area contributed by atoms with E-state index in [1.807, 2.05) is 4.90 Å². The Hall–Kier alpha value is -1.26. The summed E-state index contributed by atoms with van der Waals surface area (Å²) >= 11 is 6.00. The normalized spacial score (nSPS) is 28.6. The predicted octanol–water partition coefficient (Wildman–Crippen LogP) is 2.48. The maximum atomic E-state index is 12.8. The van der Waals surface area contributed by atoms with Gasteiger partial charge in [0, 0.05) is 17.1 Å². The topological polar surface area (TPSA) is 49.8 Å². The third-order valence-corrected chi connectivity index (χ3v) is 4.57. The lowest BCUT2D eigenvalue weighted by atomic mass is 9.98. The van der Waals surface area contributed by atoms with Crippen LogP contribution in [-0.2, 0) is 0 Å². The Balaban J connectivity index is 1.92. The molecule has 2 aliphatic heterocycles. The fraction of sp³-hybridized carbons (Fsp3) is 0.533. The molecule has 2 unspecified atom stereocenters. The molecule has 0 aromatic heterocycles. The molecule has 2 saturated heterocycles. The number of hydrogen-bond acceptors (Lipinski definition) is 3. The molecule has 2 atom stereocenters. The van der Waals surface area contributed by atoms with E-state index in [4.69, 9.17) is 16.3 Å². The second-order valence-corrected chi connectivity index (χ2v) is 6.00. The summed E-state index contributed by atoms with van der Waals surface area (Å²) in [5.74, 6) is 0.508. The van der Waals surface area contributed by atoms with Crippen LogP contribution in [0.25, 0.3) is 0 Å². The van der Waals surface area contributed by atoms with E-state index in [1.165, 1.54) is 0 Å². The Morgan fingerprint density at radius 2 is 2.00 bits per heavy atom. The van der Waals surface area contributed by atoms with E-state index in [2.05, 4.69) is 0 Å². The molecule has 1 N–H and O–H groups in total. The van der Waals surface area contributed by atoms with Gasteiger partial charge < -0.3 is 14.7 Å². The van der Waals surface area contributed by atoms with Crippen molar-refractivity contribution >= 4 is 17.5 Å². The van der Waals surface area contributed by atoms with Crippen molar-refractivity contribution in [3.8, 4) is 5.75 Å². The van der Waals surface area contributed by atoms with E-state index in [0.29, 0.717) is 29.2 Å². The molecular weight excluding hydrogens is 278 g/mol. The van der Waals surface area contributed by atoms with E-state index < -0.39 is 0 Å². The zero-order valence-electron chi connectivity index (χ0n) is 11.4. The third-order valence-electron chi connectivity index (χ3n) is 4.33. The van der Waals surface area contributed by atoms with Gasteiger partial charge in [0.25, 0.3) is 5.91 Å². The second kappa shape index (κ2) is 5.26. The molecule has 2 bridgehead atoms. The lowest BCUT2D eigenvalue weighted by Crippen LogP contribution is -2.48. The summed E-state index contributed by atoms with van der Waals surface area (Å²) in [5.41, 5.74) is 0.508. The molecule has 0 spiro atoms. The maximum absolute atomic E-state index is 12.8. The van der Waals surface area contributed by atoms with Crippen molar-refractivity contribution in [3.05, 3.63) is 28.8 Å². The van der Waals surface area contributed by atoms with Crippen LogP contribution >= 0.6 is 11.6 Å². The highest BCUT2D eigenvalue weighted by molar-refractivity contribution is 6.31. The summed E-state index contributed by atoms with van der Waals surface area (Å²) in [6.07, 6.45) is 3.00. The van der Waals surface area contributed by atoms with Gasteiger partial charge in [0.2, 0.25) is 0 Å². The number of hydrogen-bond donors (Lipinski definition) is 1. The first-order valence-corrected chi connectivity index (χ1v) is 7.32. The number of methoxy groups -OCH3 is 1. The summed E-state index contributed by atoms with van der Waals surface area (Å²) in [6.45, 7) is 0. The quantitative estimate of drug-likeness (QED) is 0.912. The summed E-state index contributed by atoms with van der Waals surface area (Å²) in [6, 6.07) is 5.37. The van der Waals surface area contributed by atoms with Crippen LogP contribution in [0.1, 0.15) is 36.0 Å². The number of aliphatic hydroxyl groups is 1. The Labute approximate surface area is 123 Å². The van der Waals surface area contributed by atoms with Crippen molar-refractivity contribution in [2.45, 2.75) is 43.9 Å². The Morgan fingerprint density at radius 1 is 1.35 bits per heavy atom. The van der Waals surface area contributed by atoms with Gasteiger partial charge in [-0.25, -0.2) is 0 Å². The molecule has 0 aliphatic carbocycles. The minimum atomic E-state index is -0.280. The highest BCUT2D eigenvalue weighted by Crippen LogP contribution is 2.38. The minimum absolute atomic E-state index is 0.0382. The summed E-state index contributed by atoms with van der Waals surface area (Å²) in [5, 5.41) is 10.3. The average Bonchev–Trinajstić information content (AvgIpc) is 2.70. The van der Waals surface area contributed by atoms with Gasteiger partial charge in [-0.05, 0) is 43.9 Å². The maximum Gasteiger partial charge on any atom is 0.258 e. The molecule has 5 heteroatoms. The zero-order valence-corrected chi connectivity index (χ0v) is 12.1. The van der Waals surface area contributed by atoms with Gasteiger partial charge >= 0.3 is 0 Å². The number of halogens is 1. The molecule has 2 fully saturated rings. The lowest BCUT2D eigenvalue weighted by Gasteiger charge is -2.37. The van der Waals surface area contributed by atoms with Gasteiger partial charge in [-0.2, -0.15) is 0 Å². The molecule has 0 radical (unpaired) electrons. The van der Waals surface area contributed by atoms with Crippen molar-refractivity contribution in [2.75, 3.05) is 7.11 Å². The van der Waals surface area contributed by atoms with Gasteiger partial charge in [-0.1, -0.05) is 11.6 Å². The average molecular weight is 296 g/mol. The molecule has 1 aromatic carbocycles. The number of aliphatic hydroxyl groups excluding tert-OH is 1. The lowest BCUT2D eigenvalue weighted by molar-refractivity contribution is 0.0285. The molecule has 1 aromatic rings. The van der Waals surface area contributed by atoms with Gasteiger partial charge in [-0.3, -0.25) is 4.79 Å². The van der Waals surface area contributed by atoms with Crippen LogP contribution in [0.15, 0.2) is 18.2 Å². The van der Waals surface area contributed by atoms with Crippen LogP contribution in [0.3, 0.4) is 0 Å². The van der Waals surface area contributed by atoms with Crippen LogP contribution in [0.2, 0.25) is 5.02 Å². The standard InChI is InChI=1S/C15H18ClNO3/c1-20-14-5-2-9(16)6-13(14)15(19)17-10-3-4-11(17)8-12(18)7-10/h2,5-6,10-12,18H,3-4,7-8H2,1H3. The molecule has 3 rings (SSSR count). The Morgan fingerprint density at radius 3 is 2.60 bits per heavy atom. The number of carbonyl (C=O) groups excluding carboxylic acids is 1. The van der Waals surface area contributed by atoms with Crippen molar-refractivity contribution in [1.82, 2.24) is 4.90 Å². The number of rotatable bonds is 2. The number of nitrogens with zero attached hydrogens (tertiary/aromatic N) is 1. The fourth-order valence-electron chi connectivity index (χ4n) is 3.47. The molecule has 1 amide bonds. The molecule has 0 saturated carbocycles. The number of amides is 1. The van der Waals surface area contributed by atoms with Crippen LogP contribution in [0.4, 0.5) is 0 Å². The first-order chi connectivity index (χ1) is 9.60. The van der Waals surface area contributed by atoms with Crippen molar-refractivity contribution in [2.24, 2.45) is 0 Å². The molecular formula is C15H18ClNO3. The number of piperidine rings is 1. The number of benzene rings is 1. The van der Waals surface area contributed by atoms with E-state index in [9.17, 15) is 9.90 Å². The van der Waals surface area contributed by atoms with Crippen LogP contribution < -0.4 is 4.74 Å². The molecule has 2 aliphatic rings. The highest BCUT2D eigenvalue weighted by Gasteiger charge is 2.43. The Kier molecular flexibility index (Phi) is 3.61. The second-order valence-electron chi connectivity index (χ2n) is 5.57. The highest BCUT2D eigenvalue weighted by atomic mass is 35.5. The zero-order chi connectivity index (χ0) is 14.3. The van der Waals surface area contributed by atoms with Crippen LogP contribution in [0.5, 0.6) is 5.75 Å². The van der Waals surface area contributed by atoms with Gasteiger partial charge in [0.1, 0.15) is 5.75 Å². The van der Waals surface area contributed by atoms with Gasteiger partial charge in [-0.15, -0.1) is 0 Å². The first kappa shape index (κ1) is 13.7. The number of carbonyl (C=O) groups is 1. The van der Waals surface area contributed by atoms with E-state index in [0.717, 1.165) is 12.8 Å². The molecule has 20 heavy (non-hydrogen) atoms. The van der Waals surface area contributed by atoms with Crippen molar-refractivity contribution < 1.29 is 14.6 Å². The predicted molar refractivity (Wildman–Crippen MR) is 76.2 cm³/mol. The monoisotopic (exact) mass is 295 g/mol. The fourth-order valence-corrected chi connectivity index (χ4v) is 3.64. The SMILES string of the molecule is COc1ccc(Cl)cc1C(=O)N1C2CCC1CC(O)C2. The largest absolute Gasteiger partial charge is 0.496 e. The summed E-state index contributed by atoms with van der Waals surface area (Å²) in [4.78, 5) is 14.7. The number of ether oxygens (including phenoxy) is 1. The van der Waals surface area contributed by atoms with Crippen LogP contribution in [-0.4, -0.2) is 41.2 Å². The Bertz CT molecular complexity index is 520. The third kappa shape index (κ3) is 2.27. The number of fused-ring (bicyclic) bond motifs is 2. The van der Waals surface area contributed by atoms with Gasteiger partial charge in [0.05, 0.1) is 18.8 Å². The van der Waals surface area contributed by atoms with Crippen molar-refractivity contribution in [3.63, 3.8) is 0 Å². The molecule has 2 heterocycles. The molecule has 4 nitrogen and oxygen atoms in total. The smallest absolute Gasteiger partial charge is 0.258 e. The first-order valence-electron chi connectivity index (χ1n) is 6.94. The minimum Gasteiger partial charge on any atom is -0.496 e. The van der Waals surface area contributed by atoms with E-state index >= 15 is 0 Å². The van der Waals surface area contributed by atoms with Gasteiger partial charge in [0.15, 0.2) is 0 Å². The van der Waals surface area contributed by atoms with E-state index in [1.54, 1.807) is 25.3 Å². The summed E-state index contributed by atoms with van der Waals surface area (Å²) in [7, 11) is 1.55. The van der Waals surface area contributed by atoms with Crippen molar-refractivity contribution in [1.29, 1.82) is 0 Å². The van der Waals surface area contributed by atoms with Crippen LogP contribution in [0, 0.1) is 0 Å². The van der Waals surface area contributed by atoms with E-state index in [-0.39, 0.29) is 24.1 Å². The summed E-state index contributed by atoms with van der Waals surface area (Å²) < 4.78 is 5.27. The molecule has 108 valence electrons.